The lowest BCUT2D eigenvalue weighted by Crippen LogP contribution is -2.15. The van der Waals surface area contributed by atoms with Gasteiger partial charge in [-0.25, -0.2) is 9.97 Å². The quantitative estimate of drug-likeness (QED) is 0.269. The molecule has 8 nitrogen and oxygen atoms in total. The Morgan fingerprint density at radius 2 is 1.86 bits per heavy atom. The fourth-order valence-corrected chi connectivity index (χ4v) is 4.18. The Bertz CT molecular complexity index is 1410. The molecule has 180 valence electrons. The fourth-order valence-electron chi connectivity index (χ4n) is 4.18. The van der Waals surface area contributed by atoms with E-state index in [9.17, 15) is 0 Å². The Balaban J connectivity index is 1.51. The van der Waals surface area contributed by atoms with Gasteiger partial charge in [-0.1, -0.05) is 6.07 Å². The van der Waals surface area contributed by atoms with Gasteiger partial charge >= 0.3 is 0 Å². The summed E-state index contributed by atoms with van der Waals surface area (Å²) in [6.07, 6.45) is 6.29. The summed E-state index contributed by atoms with van der Waals surface area (Å²) < 4.78 is 19.0. The lowest BCUT2D eigenvalue weighted by Gasteiger charge is -2.11. The largest absolute Gasteiger partial charge is 0.478 e. The van der Waals surface area contributed by atoms with Gasteiger partial charge in [0.15, 0.2) is 11.6 Å². The number of hydrogen-bond donors (Lipinski definition) is 0. The van der Waals surface area contributed by atoms with Crippen molar-refractivity contribution in [2.75, 3.05) is 41.0 Å². The Labute approximate surface area is 204 Å². The first-order valence-electron chi connectivity index (χ1n) is 11.7. The van der Waals surface area contributed by atoms with Crippen LogP contribution in [0.15, 0.2) is 65.5 Å². The van der Waals surface area contributed by atoms with Crippen molar-refractivity contribution in [3.05, 3.63) is 61.1 Å². The zero-order chi connectivity index (χ0) is 24.2. The first kappa shape index (κ1) is 23.0. The summed E-state index contributed by atoms with van der Waals surface area (Å²) in [5.41, 5.74) is 4.79. The topological polar surface area (TPSA) is 78.4 Å². The zero-order valence-corrected chi connectivity index (χ0v) is 20.3. The van der Waals surface area contributed by atoms with Gasteiger partial charge in [-0.05, 0) is 56.4 Å². The number of methoxy groups -OCH3 is 1. The van der Waals surface area contributed by atoms with Gasteiger partial charge in [0.05, 0.1) is 36.7 Å². The van der Waals surface area contributed by atoms with Crippen LogP contribution in [0.1, 0.15) is 6.42 Å². The summed E-state index contributed by atoms with van der Waals surface area (Å²) in [6.45, 7) is 2.84. The van der Waals surface area contributed by atoms with E-state index in [1.54, 1.807) is 13.4 Å². The minimum absolute atomic E-state index is 0.558. The van der Waals surface area contributed by atoms with E-state index in [1.165, 1.54) is 0 Å². The Morgan fingerprint density at radius 1 is 0.971 bits per heavy atom. The first-order valence-corrected chi connectivity index (χ1v) is 11.7. The third-order valence-corrected chi connectivity index (χ3v) is 5.90. The Hall–Kier alpha value is -3.75. The van der Waals surface area contributed by atoms with Crippen molar-refractivity contribution in [3.63, 3.8) is 0 Å². The van der Waals surface area contributed by atoms with Gasteiger partial charge in [-0.3, -0.25) is 4.98 Å². The van der Waals surface area contributed by atoms with Crippen LogP contribution >= 0.6 is 0 Å². The van der Waals surface area contributed by atoms with Crippen molar-refractivity contribution < 1.29 is 13.9 Å². The number of rotatable bonds is 10. The highest BCUT2D eigenvalue weighted by Gasteiger charge is 2.18. The van der Waals surface area contributed by atoms with Crippen molar-refractivity contribution in [1.29, 1.82) is 0 Å². The smallest absolute Gasteiger partial charge is 0.213 e. The van der Waals surface area contributed by atoms with Crippen LogP contribution in [0.4, 0.5) is 0 Å². The summed E-state index contributed by atoms with van der Waals surface area (Å²) >= 11 is 0. The molecule has 0 amide bonds. The second-order valence-corrected chi connectivity index (χ2v) is 8.67. The molecule has 0 spiro atoms. The van der Waals surface area contributed by atoms with E-state index in [2.05, 4.69) is 45.7 Å². The molecule has 0 N–H and O–H groups in total. The molecule has 0 aliphatic rings. The number of pyridine rings is 2. The highest BCUT2D eigenvalue weighted by Crippen LogP contribution is 2.32. The molecule has 0 unspecified atom stereocenters. The molecule has 0 radical (unpaired) electrons. The molecule has 0 aliphatic heterocycles. The molecule has 4 aromatic heterocycles. The van der Waals surface area contributed by atoms with Crippen molar-refractivity contribution in [2.45, 2.75) is 13.0 Å². The fraction of sp³-hybridized carbons (Fsp3) is 0.296. The number of nitrogens with zero attached hydrogens (tertiary/aromatic N) is 5. The Kier molecular flexibility index (Phi) is 6.74. The summed E-state index contributed by atoms with van der Waals surface area (Å²) in [4.78, 5) is 16.1. The van der Waals surface area contributed by atoms with E-state index in [0.29, 0.717) is 31.4 Å². The summed E-state index contributed by atoms with van der Waals surface area (Å²) in [5.74, 6) is 2.12. The first-order chi connectivity index (χ1) is 17.1. The van der Waals surface area contributed by atoms with Crippen LogP contribution in [0.3, 0.4) is 0 Å². The SMILES string of the molecule is COCCn1c(-c2ccco2)nc2cnc3ccc(-c4ccc(OCCCN(C)C)nc4)cc3c21. The molecule has 0 saturated heterocycles. The van der Waals surface area contributed by atoms with Crippen molar-refractivity contribution in [3.8, 4) is 28.6 Å². The van der Waals surface area contributed by atoms with Crippen molar-refractivity contribution in [1.82, 2.24) is 24.4 Å². The second kappa shape index (κ2) is 10.2. The van der Waals surface area contributed by atoms with Gasteiger partial charge in [0.2, 0.25) is 5.88 Å². The maximum Gasteiger partial charge on any atom is 0.213 e. The van der Waals surface area contributed by atoms with E-state index >= 15 is 0 Å². The maximum absolute atomic E-state index is 5.79. The monoisotopic (exact) mass is 471 g/mol. The summed E-state index contributed by atoms with van der Waals surface area (Å²) in [5, 5.41) is 1.02. The van der Waals surface area contributed by atoms with Gasteiger partial charge in [-0.2, -0.15) is 0 Å². The highest BCUT2D eigenvalue weighted by molar-refractivity contribution is 6.04. The molecule has 0 saturated carbocycles. The molecular weight excluding hydrogens is 442 g/mol. The molecule has 5 rings (SSSR count). The Morgan fingerprint density at radius 3 is 2.60 bits per heavy atom. The number of imidazole rings is 1. The number of aromatic nitrogens is 4. The standard InChI is InChI=1S/C27H29N5O3/c1-31(2)11-5-14-35-25-10-8-20(17-29-25)19-7-9-22-21(16-19)26-23(18-28-22)30-27(24-6-4-13-34-24)32(26)12-15-33-3/h4,6-10,13,16-18H,5,11-12,14-15H2,1-3H3. The van der Waals surface area contributed by atoms with Crippen LogP contribution in [0, 0.1) is 0 Å². The molecule has 4 heterocycles. The van der Waals surface area contributed by atoms with E-state index in [1.807, 2.05) is 42.7 Å². The molecule has 5 aromatic rings. The lowest BCUT2D eigenvalue weighted by atomic mass is 10.0. The molecule has 0 aliphatic carbocycles. The minimum atomic E-state index is 0.558. The molecule has 0 bridgehead atoms. The van der Waals surface area contributed by atoms with E-state index < -0.39 is 0 Å². The summed E-state index contributed by atoms with van der Waals surface area (Å²) in [6, 6.07) is 14.0. The molecule has 1 aromatic carbocycles. The number of ether oxygens (including phenoxy) is 2. The van der Waals surface area contributed by atoms with Crippen LogP contribution in [0.5, 0.6) is 5.88 Å². The van der Waals surface area contributed by atoms with Crippen LogP contribution in [0.2, 0.25) is 0 Å². The summed E-state index contributed by atoms with van der Waals surface area (Å²) in [7, 11) is 5.82. The second-order valence-electron chi connectivity index (χ2n) is 8.67. The van der Waals surface area contributed by atoms with Crippen molar-refractivity contribution in [2.24, 2.45) is 0 Å². The highest BCUT2D eigenvalue weighted by atomic mass is 16.5. The van der Waals surface area contributed by atoms with Gasteiger partial charge in [0.1, 0.15) is 5.52 Å². The average molecular weight is 472 g/mol. The molecule has 0 fully saturated rings. The zero-order valence-electron chi connectivity index (χ0n) is 20.3. The predicted octanol–water partition coefficient (Wildman–Crippen LogP) is 4.88. The molecule has 8 heteroatoms. The minimum Gasteiger partial charge on any atom is -0.478 e. The van der Waals surface area contributed by atoms with Gasteiger partial charge < -0.3 is 23.4 Å². The van der Waals surface area contributed by atoms with E-state index in [-0.39, 0.29) is 0 Å². The van der Waals surface area contributed by atoms with Crippen LogP contribution in [-0.2, 0) is 11.3 Å². The molecule has 35 heavy (non-hydrogen) atoms. The third-order valence-electron chi connectivity index (χ3n) is 5.90. The van der Waals surface area contributed by atoms with Crippen LogP contribution in [-0.4, -0.2) is 65.4 Å². The van der Waals surface area contributed by atoms with Crippen LogP contribution < -0.4 is 4.74 Å². The normalized spacial score (nSPS) is 11.7. The van der Waals surface area contributed by atoms with Crippen LogP contribution in [0.25, 0.3) is 44.6 Å². The number of hydrogen-bond acceptors (Lipinski definition) is 7. The van der Waals surface area contributed by atoms with Gasteiger partial charge in [0, 0.05) is 43.4 Å². The van der Waals surface area contributed by atoms with Gasteiger partial charge in [-0.15, -0.1) is 0 Å². The average Bonchev–Trinajstić information content (AvgIpc) is 3.53. The number of fused-ring (bicyclic) bond motifs is 3. The molecular formula is C27H29N5O3. The van der Waals surface area contributed by atoms with E-state index in [4.69, 9.17) is 18.9 Å². The number of benzene rings is 1. The van der Waals surface area contributed by atoms with E-state index in [0.717, 1.165) is 51.9 Å². The number of furan rings is 1. The predicted molar refractivity (Wildman–Crippen MR) is 137 cm³/mol. The van der Waals surface area contributed by atoms with Gasteiger partial charge in [0.25, 0.3) is 0 Å². The lowest BCUT2D eigenvalue weighted by molar-refractivity contribution is 0.188. The molecule has 0 atom stereocenters. The third kappa shape index (κ3) is 4.89. The van der Waals surface area contributed by atoms with Crippen molar-refractivity contribution >= 4 is 21.9 Å². The maximum atomic E-state index is 5.79.